The first-order valence-corrected chi connectivity index (χ1v) is 8.12. The van der Waals surface area contributed by atoms with Crippen molar-refractivity contribution < 1.29 is 14.6 Å². The van der Waals surface area contributed by atoms with E-state index in [1.807, 2.05) is 30.3 Å². The predicted molar refractivity (Wildman–Crippen MR) is 93.2 cm³/mol. The number of rotatable bonds is 4. The van der Waals surface area contributed by atoms with Crippen molar-refractivity contribution in [3.8, 4) is 5.75 Å². The molecule has 24 heavy (non-hydrogen) atoms. The monoisotopic (exact) mass is 326 g/mol. The number of aliphatic hydroxyl groups is 1. The number of aryl methyl sites for hydroxylation is 1. The summed E-state index contributed by atoms with van der Waals surface area (Å²) in [4.78, 5) is 13.8. The molecule has 1 atom stereocenters. The Bertz CT molecular complexity index is 717. The summed E-state index contributed by atoms with van der Waals surface area (Å²) in [6, 6.07) is 15.3. The fraction of sp³-hybridized carbons (Fsp3) is 0.316. The first-order chi connectivity index (χ1) is 11.6. The normalized spacial score (nSPS) is 16.9. The zero-order chi connectivity index (χ0) is 16.9. The van der Waals surface area contributed by atoms with Gasteiger partial charge < -0.3 is 20.1 Å². The molecule has 1 fully saturated rings. The van der Waals surface area contributed by atoms with Crippen LogP contribution < -0.4 is 10.1 Å². The number of ether oxygens (including phenoxy) is 1. The zero-order valence-corrected chi connectivity index (χ0v) is 13.7. The summed E-state index contributed by atoms with van der Waals surface area (Å²) >= 11 is 0. The Kier molecular flexibility index (Phi) is 5.01. The van der Waals surface area contributed by atoms with E-state index in [2.05, 4.69) is 24.4 Å². The number of hydrogen-bond acceptors (Lipinski definition) is 3. The van der Waals surface area contributed by atoms with Crippen molar-refractivity contribution in [2.75, 3.05) is 18.4 Å². The average molecular weight is 326 g/mol. The lowest BCUT2D eigenvalue weighted by molar-refractivity contribution is 0.176. The Balaban J connectivity index is 1.58. The van der Waals surface area contributed by atoms with Gasteiger partial charge in [-0.25, -0.2) is 4.79 Å². The predicted octanol–water partition coefficient (Wildman–Crippen LogP) is 3.17. The van der Waals surface area contributed by atoms with Gasteiger partial charge >= 0.3 is 6.03 Å². The van der Waals surface area contributed by atoms with E-state index in [4.69, 9.17) is 4.74 Å². The molecule has 2 N–H and O–H groups in total. The number of anilines is 1. The number of amides is 2. The summed E-state index contributed by atoms with van der Waals surface area (Å²) in [5, 5.41) is 12.4. The minimum Gasteiger partial charge on any atom is -0.489 e. The number of likely N-dealkylation sites (tertiary alicyclic amines) is 1. The van der Waals surface area contributed by atoms with Crippen LogP contribution in [0.3, 0.4) is 0 Å². The molecular formula is C19H22N2O3. The molecule has 0 spiro atoms. The lowest BCUT2D eigenvalue weighted by Crippen LogP contribution is -2.33. The summed E-state index contributed by atoms with van der Waals surface area (Å²) in [5.41, 5.74) is 2.99. The molecule has 0 aromatic heterocycles. The molecule has 5 heteroatoms. The van der Waals surface area contributed by atoms with E-state index in [0.29, 0.717) is 37.6 Å². The highest BCUT2D eigenvalue weighted by Gasteiger charge is 2.24. The minimum absolute atomic E-state index is 0.192. The van der Waals surface area contributed by atoms with Gasteiger partial charge in [-0.05, 0) is 31.0 Å². The van der Waals surface area contributed by atoms with E-state index >= 15 is 0 Å². The highest BCUT2D eigenvalue weighted by Crippen LogP contribution is 2.20. The molecular weight excluding hydrogens is 304 g/mol. The number of carbonyl (C=O) groups is 1. The molecule has 0 saturated carbocycles. The maximum atomic E-state index is 12.2. The molecule has 0 aliphatic carbocycles. The second-order valence-electron chi connectivity index (χ2n) is 6.12. The van der Waals surface area contributed by atoms with Crippen molar-refractivity contribution >= 4 is 11.7 Å². The van der Waals surface area contributed by atoms with Gasteiger partial charge in [0, 0.05) is 24.8 Å². The Morgan fingerprint density at radius 2 is 2.12 bits per heavy atom. The molecule has 2 amide bonds. The van der Waals surface area contributed by atoms with Gasteiger partial charge in [0.2, 0.25) is 0 Å². The van der Waals surface area contributed by atoms with Gasteiger partial charge in [-0.3, -0.25) is 0 Å². The van der Waals surface area contributed by atoms with E-state index in [9.17, 15) is 9.90 Å². The second kappa shape index (κ2) is 7.36. The third kappa shape index (κ3) is 4.26. The van der Waals surface area contributed by atoms with Crippen LogP contribution in [-0.2, 0) is 6.61 Å². The molecule has 1 aliphatic heterocycles. The molecule has 1 heterocycles. The standard InChI is InChI=1S/C19H22N2O3/c1-14-4-2-5-15(10-14)13-24-18-7-3-6-16(11-18)20-19(23)21-9-8-17(22)12-21/h2-7,10-11,17,22H,8-9,12-13H2,1H3,(H,20,23). The number of carbonyl (C=O) groups excluding carboxylic acids is 1. The van der Waals surface area contributed by atoms with Crippen molar-refractivity contribution in [3.63, 3.8) is 0 Å². The van der Waals surface area contributed by atoms with Crippen LogP contribution in [0.4, 0.5) is 10.5 Å². The van der Waals surface area contributed by atoms with Crippen LogP contribution in [0.25, 0.3) is 0 Å². The Hall–Kier alpha value is -2.53. The van der Waals surface area contributed by atoms with Crippen LogP contribution in [0.2, 0.25) is 0 Å². The molecule has 1 aliphatic rings. The summed E-state index contributed by atoms with van der Waals surface area (Å²) in [5.74, 6) is 0.704. The van der Waals surface area contributed by atoms with Crippen LogP contribution in [0.1, 0.15) is 17.5 Å². The molecule has 2 aromatic carbocycles. The van der Waals surface area contributed by atoms with Crippen LogP contribution in [0.5, 0.6) is 5.75 Å². The first kappa shape index (κ1) is 16.3. The van der Waals surface area contributed by atoms with Gasteiger partial charge in [0.15, 0.2) is 0 Å². The molecule has 3 rings (SSSR count). The van der Waals surface area contributed by atoms with Gasteiger partial charge in [-0.2, -0.15) is 0 Å². The lowest BCUT2D eigenvalue weighted by atomic mass is 10.1. The SMILES string of the molecule is Cc1cccc(COc2cccc(NC(=O)N3CCC(O)C3)c2)c1. The fourth-order valence-corrected chi connectivity index (χ4v) is 2.76. The largest absolute Gasteiger partial charge is 0.489 e. The van der Waals surface area contributed by atoms with Gasteiger partial charge in [0.05, 0.1) is 6.10 Å². The molecule has 2 aromatic rings. The van der Waals surface area contributed by atoms with E-state index in [-0.39, 0.29) is 6.03 Å². The summed E-state index contributed by atoms with van der Waals surface area (Å²) in [6.07, 6.45) is 0.215. The molecule has 126 valence electrons. The number of hydrogen-bond donors (Lipinski definition) is 2. The Morgan fingerprint density at radius 1 is 1.29 bits per heavy atom. The van der Waals surface area contributed by atoms with E-state index < -0.39 is 6.10 Å². The average Bonchev–Trinajstić information content (AvgIpc) is 3.00. The minimum atomic E-state index is -0.417. The molecule has 1 unspecified atom stereocenters. The third-order valence-corrected chi connectivity index (χ3v) is 4.02. The zero-order valence-electron chi connectivity index (χ0n) is 13.7. The lowest BCUT2D eigenvalue weighted by Gasteiger charge is -2.17. The molecule has 1 saturated heterocycles. The fourth-order valence-electron chi connectivity index (χ4n) is 2.76. The van der Waals surface area contributed by atoms with Crippen molar-refractivity contribution in [3.05, 3.63) is 59.7 Å². The van der Waals surface area contributed by atoms with Crippen molar-refractivity contribution in [1.29, 1.82) is 0 Å². The topological polar surface area (TPSA) is 61.8 Å². The van der Waals surface area contributed by atoms with E-state index in [0.717, 1.165) is 5.56 Å². The van der Waals surface area contributed by atoms with Crippen LogP contribution in [0.15, 0.2) is 48.5 Å². The number of β-amino-alcohol motifs (C(OH)–C–C–N with tert-alkyl or cyclic N) is 1. The highest BCUT2D eigenvalue weighted by molar-refractivity contribution is 5.89. The molecule has 0 radical (unpaired) electrons. The summed E-state index contributed by atoms with van der Waals surface area (Å²) in [7, 11) is 0. The van der Waals surface area contributed by atoms with Crippen molar-refractivity contribution in [2.24, 2.45) is 0 Å². The smallest absolute Gasteiger partial charge is 0.321 e. The van der Waals surface area contributed by atoms with Gasteiger partial charge in [0.1, 0.15) is 12.4 Å². The van der Waals surface area contributed by atoms with Gasteiger partial charge in [-0.1, -0.05) is 35.9 Å². The Labute approximate surface area is 141 Å². The van der Waals surface area contributed by atoms with E-state index in [1.165, 1.54) is 5.56 Å². The number of aliphatic hydroxyl groups excluding tert-OH is 1. The second-order valence-corrected chi connectivity index (χ2v) is 6.12. The first-order valence-electron chi connectivity index (χ1n) is 8.12. The quantitative estimate of drug-likeness (QED) is 0.907. The maximum absolute atomic E-state index is 12.2. The maximum Gasteiger partial charge on any atom is 0.321 e. The molecule has 5 nitrogen and oxygen atoms in total. The van der Waals surface area contributed by atoms with Gasteiger partial charge in [-0.15, -0.1) is 0 Å². The van der Waals surface area contributed by atoms with Crippen LogP contribution in [-0.4, -0.2) is 35.2 Å². The van der Waals surface area contributed by atoms with Crippen molar-refractivity contribution in [2.45, 2.75) is 26.1 Å². The highest BCUT2D eigenvalue weighted by atomic mass is 16.5. The Morgan fingerprint density at radius 3 is 2.88 bits per heavy atom. The van der Waals surface area contributed by atoms with Gasteiger partial charge in [0.25, 0.3) is 0 Å². The third-order valence-electron chi connectivity index (χ3n) is 4.02. The number of benzene rings is 2. The van der Waals surface area contributed by atoms with Crippen LogP contribution in [0, 0.1) is 6.92 Å². The number of nitrogens with zero attached hydrogens (tertiary/aromatic N) is 1. The summed E-state index contributed by atoms with van der Waals surface area (Å²) < 4.78 is 5.81. The van der Waals surface area contributed by atoms with E-state index in [1.54, 1.807) is 11.0 Å². The number of urea groups is 1. The van der Waals surface area contributed by atoms with Crippen molar-refractivity contribution in [1.82, 2.24) is 4.90 Å². The summed E-state index contributed by atoms with van der Waals surface area (Å²) in [6.45, 7) is 3.50. The molecule has 0 bridgehead atoms. The number of nitrogens with one attached hydrogen (secondary N) is 1. The van der Waals surface area contributed by atoms with Crippen LogP contribution >= 0.6 is 0 Å².